The van der Waals surface area contributed by atoms with Crippen molar-refractivity contribution in [2.45, 2.75) is 26.2 Å². The Kier molecular flexibility index (Phi) is 6.13. The average Bonchev–Trinajstić information content (AvgIpc) is 3.32. The van der Waals surface area contributed by atoms with Crippen LogP contribution in [0.25, 0.3) is 11.3 Å². The zero-order chi connectivity index (χ0) is 22.1. The molecule has 0 radical (unpaired) electrons. The van der Waals surface area contributed by atoms with Gasteiger partial charge in [-0.1, -0.05) is 30.7 Å². The number of anilines is 1. The van der Waals surface area contributed by atoms with E-state index in [0.29, 0.717) is 27.3 Å². The number of halogens is 1. The summed E-state index contributed by atoms with van der Waals surface area (Å²) in [6.07, 6.45) is 2.72. The van der Waals surface area contributed by atoms with Crippen molar-refractivity contribution < 1.29 is 14.0 Å². The van der Waals surface area contributed by atoms with Gasteiger partial charge in [-0.3, -0.25) is 14.9 Å². The van der Waals surface area contributed by atoms with Crippen LogP contribution in [0.5, 0.6) is 0 Å². The van der Waals surface area contributed by atoms with Crippen molar-refractivity contribution in [1.82, 2.24) is 5.32 Å². The summed E-state index contributed by atoms with van der Waals surface area (Å²) in [6.45, 7) is 2.19. The van der Waals surface area contributed by atoms with Crippen molar-refractivity contribution in [2.75, 3.05) is 5.32 Å². The lowest BCUT2D eigenvalue weighted by atomic mass is 9.88. The second kappa shape index (κ2) is 8.82. The third kappa shape index (κ3) is 4.66. The molecule has 1 aliphatic rings. The fourth-order valence-corrected chi connectivity index (χ4v) is 5.53. The molecule has 0 saturated heterocycles. The van der Waals surface area contributed by atoms with Gasteiger partial charge in [-0.15, -0.1) is 11.3 Å². The minimum atomic E-state index is -0.499. The van der Waals surface area contributed by atoms with Gasteiger partial charge in [-0.05, 0) is 67.2 Å². The van der Waals surface area contributed by atoms with Crippen LogP contribution < -0.4 is 16.4 Å². The molecule has 4 N–H and O–H groups in total. The SMILES string of the molecule is C[C@@H]1CCc2c(sc(NC(=S)NC(=O)c3ccc(-c4cccc(Cl)c4)o3)c2C(N)=O)C1. The minimum Gasteiger partial charge on any atom is -0.451 e. The third-order valence-corrected chi connectivity index (χ3v) is 6.76. The van der Waals surface area contributed by atoms with Crippen LogP contribution in [0.3, 0.4) is 0 Å². The van der Waals surface area contributed by atoms with Gasteiger partial charge in [0.1, 0.15) is 10.8 Å². The van der Waals surface area contributed by atoms with Crippen LogP contribution in [0.2, 0.25) is 5.02 Å². The van der Waals surface area contributed by atoms with Gasteiger partial charge in [0.25, 0.3) is 11.8 Å². The summed E-state index contributed by atoms with van der Waals surface area (Å²) in [5, 5.41) is 6.77. The summed E-state index contributed by atoms with van der Waals surface area (Å²) in [5.74, 6) is 0.178. The summed E-state index contributed by atoms with van der Waals surface area (Å²) in [6, 6.07) is 10.4. The minimum absolute atomic E-state index is 0.0693. The van der Waals surface area contributed by atoms with Crippen LogP contribution in [-0.2, 0) is 12.8 Å². The molecule has 6 nitrogen and oxygen atoms in total. The Morgan fingerprint density at radius 1 is 1.29 bits per heavy atom. The molecule has 160 valence electrons. The molecule has 0 fully saturated rings. The molecule has 1 atom stereocenters. The maximum atomic E-state index is 12.6. The summed E-state index contributed by atoms with van der Waals surface area (Å²) >= 11 is 12.8. The van der Waals surface area contributed by atoms with Gasteiger partial charge in [0, 0.05) is 15.5 Å². The summed E-state index contributed by atoms with van der Waals surface area (Å²) in [7, 11) is 0. The number of nitrogens with one attached hydrogen (secondary N) is 2. The molecule has 1 aliphatic carbocycles. The van der Waals surface area contributed by atoms with E-state index in [1.165, 1.54) is 11.3 Å². The van der Waals surface area contributed by atoms with Crippen LogP contribution >= 0.6 is 35.2 Å². The Balaban J connectivity index is 1.47. The Labute approximate surface area is 193 Å². The van der Waals surface area contributed by atoms with Crippen molar-refractivity contribution in [3.05, 3.63) is 63.2 Å². The predicted octanol–water partition coefficient (Wildman–Crippen LogP) is 5.01. The van der Waals surface area contributed by atoms with Crippen LogP contribution in [0, 0.1) is 5.92 Å². The second-order valence-corrected chi connectivity index (χ2v) is 9.45. The second-order valence-electron chi connectivity index (χ2n) is 7.50. The molecule has 0 aliphatic heterocycles. The average molecular weight is 474 g/mol. The summed E-state index contributed by atoms with van der Waals surface area (Å²) in [5.41, 5.74) is 7.84. The first-order chi connectivity index (χ1) is 14.8. The number of primary amides is 1. The molecule has 0 spiro atoms. The molecule has 0 saturated carbocycles. The Bertz CT molecular complexity index is 1180. The molecular weight excluding hydrogens is 454 g/mol. The normalized spacial score (nSPS) is 15.2. The standard InChI is InChI=1S/C22H20ClN3O3S2/c1-11-5-6-14-17(9-11)31-21(18(14)19(24)27)26-22(30)25-20(28)16-8-7-15(29-16)12-3-2-4-13(23)10-12/h2-4,7-8,10-11H,5-6,9H2,1H3,(H2,24,27)(H2,25,26,28,30)/t11-/m1/s1. The number of amides is 2. The van der Waals surface area contributed by atoms with E-state index in [-0.39, 0.29) is 10.9 Å². The van der Waals surface area contributed by atoms with Crippen molar-refractivity contribution in [3.8, 4) is 11.3 Å². The number of nitrogens with two attached hydrogens (primary N) is 1. The van der Waals surface area contributed by atoms with Crippen LogP contribution in [0.4, 0.5) is 5.00 Å². The third-order valence-electron chi connectivity index (χ3n) is 5.15. The van der Waals surface area contributed by atoms with Crippen LogP contribution in [0.1, 0.15) is 44.7 Å². The number of carbonyl (C=O) groups is 2. The van der Waals surface area contributed by atoms with E-state index in [4.69, 9.17) is 34.0 Å². The molecule has 31 heavy (non-hydrogen) atoms. The van der Waals surface area contributed by atoms with Crippen LogP contribution in [0.15, 0.2) is 40.8 Å². The Morgan fingerprint density at radius 2 is 2.10 bits per heavy atom. The zero-order valence-corrected chi connectivity index (χ0v) is 19.0. The lowest BCUT2D eigenvalue weighted by molar-refractivity contribution is 0.0950. The number of thiophene rings is 1. The van der Waals surface area contributed by atoms with Crippen molar-refractivity contribution in [3.63, 3.8) is 0 Å². The monoisotopic (exact) mass is 473 g/mol. The van der Waals surface area contributed by atoms with Gasteiger partial charge >= 0.3 is 0 Å². The first-order valence-electron chi connectivity index (χ1n) is 9.74. The summed E-state index contributed by atoms with van der Waals surface area (Å²) in [4.78, 5) is 25.8. The fourth-order valence-electron chi connectivity index (χ4n) is 3.66. The van der Waals surface area contributed by atoms with Crippen LogP contribution in [-0.4, -0.2) is 16.9 Å². The highest BCUT2D eigenvalue weighted by Gasteiger charge is 2.27. The number of benzene rings is 1. The first-order valence-corrected chi connectivity index (χ1v) is 11.3. The fraction of sp³-hybridized carbons (Fsp3) is 0.227. The van der Waals surface area contributed by atoms with Crippen molar-refractivity contribution in [1.29, 1.82) is 0 Å². The van der Waals surface area contributed by atoms with E-state index < -0.39 is 11.8 Å². The lowest BCUT2D eigenvalue weighted by Gasteiger charge is -2.18. The zero-order valence-electron chi connectivity index (χ0n) is 16.7. The van der Waals surface area contributed by atoms with Gasteiger partial charge in [0.15, 0.2) is 10.9 Å². The molecule has 0 bridgehead atoms. The lowest BCUT2D eigenvalue weighted by Crippen LogP contribution is -2.34. The van der Waals surface area contributed by atoms with E-state index in [1.54, 1.807) is 30.3 Å². The van der Waals surface area contributed by atoms with Gasteiger partial charge in [-0.2, -0.15) is 0 Å². The maximum absolute atomic E-state index is 12.6. The molecule has 9 heteroatoms. The number of thiocarbonyl (C=S) groups is 1. The molecule has 2 aromatic heterocycles. The number of hydrogen-bond donors (Lipinski definition) is 3. The highest BCUT2D eigenvalue weighted by Crippen LogP contribution is 2.39. The van der Waals surface area contributed by atoms with Gasteiger partial charge in [0.2, 0.25) is 0 Å². The number of carbonyl (C=O) groups excluding carboxylic acids is 2. The van der Waals surface area contributed by atoms with Gasteiger partial charge < -0.3 is 15.5 Å². The molecule has 0 unspecified atom stereocenters. The highest BCUT2D eigenvalue weighted by molar-refractivity contribution is 7.80. The van der Waals surface area contributed by atoms with E-state index in [2.05, 4.69) is 17.6 Å². The highest BCUT2D eigenvalue weighted by atomic mass is 35.5. The van der Waals surface area contributed by atoms with E-state index in [1.807, 2.05) is 6.07 Å². The van der Waals surface area contributed by atoms with Crippen molar-refractivity contribution in [2.24, 2.45) is 11.7 Å². The van der Waals surface area contributed by atoms with Gasteiger partial charge in [0.05, 0.1) is 5.56 Å². The predicted molar refractivity (Wildman–Crippen MR) is 127 cm³/mol. The Morgan fingerprint density at radius 3 is 2.84 bits per heavy atom. The topological polar surface area (TPSA) is 97.4 Å². The molecule has 2 heterocycles. The first kappa shape index (κ1) is 21.5. The van der Waals surface area contributed by atoms with E-state index in [9.17, 15) is 9.59 Å². The number of fused-ring (bicyclic) bond motifs is 1. The number of rotatable bonds is 4. The molecule has 2 amide bonds. The molecule has 1 aromatic carbocycles. The summed E-state index contributed by atoms with van der Waals surface area (Å²) < 4.78 is 5.65. The largest absolute Gasteiger partial charge is 0.451 e. The van der Waals surface area contributed by atoms with Crippen molar-refractivity contribution >= 4 is 57.1 Å². The quantitative estimate of drug-likeness (QED) is 0.462. The number of furan rings is 1. The smallest absolute Gasteiger partial charge is 0.293 e. The molecule has 3 aromatic rings. The van der Waals surface area contributed by atoms with E-state index in [0.717, 1.165) is 35.3 Å². The maximum Gasteiger partial charge on any atom is 0.293 e. The molecular formula is C22H20ClN3O3S2. The van der Waals surface area contributed by atoms with E-state index >= 15 is 0 Å². The van der Waals surface area contributed by atoms with Gasteiger partial charge in [-0.25, -0.2) is 0 Å². The number of hydrogen-bond acceptors (Lipinski definition) is 5. The molecule has 4 rings (SSSR count). The Hall–Kier alpha value is -2.68.